The lowest BCUT2D eigenvalue weighted by atomic mass is 10.2. The van der Waals surface area contributed by atoms with Gasteiger partial charge >= 0.3 is 0 Å². The first-order valence-corrected chi connectivity index (χ1v) is 5.29. The molecule has 0 atom stereocenters. The zero-order valence-corrected chi connectivity index (χ0v) is 9.22. The highest BCUT2D eigenvalue weighted by Gasteiger charge is 1.93. The van der Waals surface area contributed by atoms with Crippen LogP contribution in [0.5, 0.6) is 0 Å². The van der Waals surface area contributed by atoms with E-state index in [1.165, 1.54) is 6.42 Å². The quantitative estimate of drug-likeness (QED) is 0.512. The minimum absolute atomic E-state index is 0.732. The number of rotatable bonds is 3. The zero-order valence-electron chi connectivity index (χ0n) is 8.40. The molecule has 0 fully saturated rings. The van der Waals surface area contributed by atoms with Gasteiger partial charge in [0.05, 0.1) is 5.04 Å². The minimum atomic E-state index is 0.732. The summed E-state index contributed by atoms with van der Waals surface area (Å²) in [6, 6.07) is 0. The summed E-state index contributed by atoms with van der Waals surface area (Å²) in [6.45, 7) is 10.3. The Morgan fingerprint density at radius 1 is 1.36 bits per heavy atom. The molecule has 0 radical (unpaired) electrons. The first-order valence-electron chi connectivity index (χ1n) is 4.31. The molecule has 0 aliphatic carbocycles. The number of hydrogen-bond acceptors (Lipinski definition) is 2. The molecule has 2 heteroatoms. The number of hydrogen-bond donors (Lipinski definition) is 1. The SMILES string of the molecule is CC.CC(=N)SCCC(C)C. The van der Waals surface area contributed by atoms with Crippen LogP contribution in [-0.4, -0.2) is 10.8 Å². The first-order chi connectivity index (χ1) is 5.13. The number of nitrogens with one attached hydrogen (secondary N) is 1. The smallest absolute Gasteiger partial charge is 0.0610 e. The number of thioether (sulfide) groups is 1. The molecule has 0 spiro atoms. The molecular formula is C9H21NS. The predicted octanol–water partition coefficient (Wildman–Crippen LogP) is 3.79. The molecule has 0 heterocycles. The maximum atomic E-state index is 7.10. The highest BCUT2D eigenvalue weighted by atomic mass is 32.2. The minimum Gasteiger partial charge on any atom is -0.299 e. The van der Waals surface area contributed by atoms with E-state index in [0.717, 1.165) is 16.7 Å². The largest absolute Gasteiger partial charge is 0.299 e. The molecule has 0 aliphatic heterocycles. The zero-order chi connectivity index (χ0) is 9.28. The molecular weight excluding hydrogens is 154 g/mol. The van der Waals surface area contributed by atoms with Crippen molar-refractivity contribution in [2.24, 2.45) is 5.92 Å². The van der Waals surface area contributed by atoms with Crippen LogP contribution in [-0.2, 0) is 0 Å². The summed E-state index contributed by atoms with van der Waals surface area (Å²) < 4.78 is 0. The van der Waals surface area contributed by atoms with Crippen molar-refractivity contribution in [3.05, 3.63) is 0 Å². The van der Waals surface area contributed by atoms with Crippen LogP contribution in [0.15, 0.2) is 0 Å². The summed E-state index contributed by atoms with van der Waals surface area (Å²) in [5, 5.41) is 7.83. The molecule has 0 aliphatic rings. The summed E-state index contributed by atoms with van der Waals surface area (Å²) >= 11 is 1.64. The van der Waals surface area contributed by atoms with Crippen LogP contribution < -0.4 is 0 Å². The van der Waals surface area contributed by atoms with E-state index in [4.69, 9.17) is 5.41 Å². The Bertz CT molecular complexity index is 89.6. The van der Waals surface area contributed by atoms with Crippen molar-refractivity contribution in [3.8, 4) is 0 Å². The fourth-order valence-electron chi connectivity index (χ4n) is 0.448. The summed E-state index contributed by atoms with van der Waals surface area (Å²) in [6.07, 6.45) is 1.22. The van der Waals surface area contributed by atoms with Crippen molar-refractivity contribution >= 4 is 16.8 Å². The molecule has 11 heavy (non-hydrogen) atoms. The lowest BCUT2D eigenvalue weighted by molar-refractivity contribution is 0.632. The van der Waals surface area contributed by atoms with Gasteiger partial charge in [0.15, 0.2) is 0 Å². The first kappa shape index (κ1) is 13.6. The third-order valence-electron chi connectivity index (χ3n) is 1.01. The Hall–Kier alpha value is 0.0200. The van der Waals surface area contributed by atoms with E-state index in [2.05, 4.69) is 13.8 Å². The second kappa shape index (κ2) is 10.0. The van der Waals surface area contributed by atoms with E-state index in [1.54, 1.807) is 11.8 Å². The Kier molecular flexibility index (Phi) is 12.4. The van der Waals surface area contributed by atoms with Gasteiger partial charge in [-0.05, 0) is 25.0 Å². The van der Waals surface area contributed by atoms with Crippen LogP contribution in [0.1, 0.15) is 41.0 Å². The van der Waals surface area contributed by atoms with Gasteiger partial charge in [0.25, 0.3) is 0 Å². The Morgan fingerprint density at radius 3 is 2.09 bits per heavy atom. The lowest BCUT2D eigenvalue weighted by Crippen LogP contribution is -1.91. The van der Waals surface area contributed by atoms with Gasteiger partial charge in [-0.2, -0.15) is 0 Å². The van der Waals surface area contributed by atoms with Gasteiger partial charge in [-0.25, -0.2) is 0 Å². The third kappa shape index (κ3) is 17.8. The van der Waals surface area contributed by atoms with Crippen LogP contribution in [0, 0.1) is 11.3 Å². The van der Waals surface area contributed by atoms with E-state index >= 15 is 0 Å². The molecule has 0 aromatic rings. The fraction of sp³-hybridized carbons (Fsp3) is 0.889. The van der Waals surface area contributed by atoms with Crippen LogP contribution in [0.25, 0.3) is 0 Å². The molecule has 0 amide bonds. The van der Waals surface area contributed by atoms with Crippen molar-refractivity contribution in [2.75, 3.05) is 5.75 Å². The second-order valence-electron chi connectivity index (χ2n) is 2.59. The molecule has 0 rings (SSSR count). The standard InChI is InChI=1S/C7H15NS.C2H6/c1-6(2)4-5-9-7(3)8;1-2/h6,8H,4-5H2,1-3H3;1-2H3. The molecule has 0 bridgehead atoms. The van der Waals surface area contributed by atoms with Crippen molar-refractivity contribution in [1.29, 1.82) is 5.41 Å². The van der Waals surface area contributed by atoms with E-state index in [0.29, 0.717) is 0 Å². The molecule has 0 unspecified atom stereocenters. The Balaban J connectivity index is 0. The molecule has 0 aromatic carbocycles. The Labute approximate surface area is 75.5 Å². The van der Waals surface area contributed by atoms with Crippen LogP contribution in [0.4, 0.5) is 0 Å². The van der Waals surface area contributed by atoms with Crippen molar-refractivity contribution in [1.82, 2.24) is 0 Å². The summed E-state index contributed by atoms with van der Waals surface area (Å²) in [5.74, 6) is 1.88. The van der Waals surface area contributed by atoms with Gasteiger partial charge in [0.1, 0.15) is 0 Å². The van der Waals surface area contributed by atoms with E-state index in [-0.39, 0.29) is 0 Å². The summed E-state index contributed by atoms with van der Waals surface area (Å²) in [4.78, 5) is 0. The second-order valence-corrected chi connectivity index (χ2v) is 3.90. The predicted molar refractivity (Wildman–Crippen MR) is 56.7 cm³/mol. The van der Waals surface area contributed by atoms with E-state index in [1.807, 2.05) is 20.8 Å². The maximum Gasteiger partial charge on any atom is 0.0610 e. The highest BCUT2D eigenvalue weighted by molar-refractivity contribution is 8.13. The van der Waals surface area contributed by atoms with Crippen molar-refractivity contribution < 1.29 is 0 Å². The lowest BCUT2D eigenvalue weighted by Gasteiger charge is -2.01. The molecule has 68 valence electrons. The van der Waals surface area contributed by atoms with Gasteiger partial charge < -0.3 is 0 Å². The molecule has 0 saturated heterocycles. The Morgan fingerprint density at radius 2 is 1.82 bits per heavy atom. The third-order valence-corrected chi connectivity index (χ3v) is 1.89. The van der Waals surface area contributed by atoms with Crippen molar-refractivity contribution in [2.45, 2.75) is 41.0 Å². The van der Waals surface area contributed by atoms with Crippen LogP contribution >= 0.6 is 11.8 Å². The molecule has 1 nitrogen and oxygen atoms in total. The molecule has 0 saturated carbocycles. The van der Waals surface area contributed by atoms with Gasteiger partial charge in [-0.3, -0.25) is 5.41 Å². The van der Waals surface area contributed by atoms with Crippen LogP contribution in [0.2, 0.25) is 0 Å². The topological polar surface area (TPSA) is 23.9 Å². The maximum absolute atomic E-state index is 7.10. The average Bonchev–Trinajstić information content (AvgIpc) is 1.90. The van der Waals surface area contributed by atoms with Gasteiger partial charge in [-0.15, -0.1) is 11.8 Å². The van der Waals surface area contributed by atoms with Gasteiger partial charge in [0.2, 0.25) is 0 Å². The normalized spacial score (nSPS) is 8.91. The van der Waals surface area contributed by atoms with Gasteiger partial charge in [-0.1, -0.05) is 27.7 Å². The van der Waals surface area contributed by atoms with Crippen LogP contribution in [0.3, 0.4) is 0 Å². The molecule has 0 aromatic heterocycles. The van der Waals surface area contributed by atoms with E-state index < -0.39 is 0 Å². The van der Waals surface area contributed by atoms with Crippen molar-refractivity contribution in [3.63, 3.8) is 0 Å². The van der Waals surface area contributed by atoms with E-state index in [9.17, 15) is 0 Å². The average molecular weight is 175 g/mol. The van der Waals surface area contributed by atoms with Gasteiger partial charge in [0, 0.05) is 0 Å². The summed E-state index contributed by atoms with van der Waals surface area (Å²) in [7, 11) is 0. The monoisotopic (exact) mass is 175 g/mol. The fourth-order valence-corrected chi connectivity index (χ4v) is 1.34. The summed E-state index contributed by atoms with van der Waals surface area (Å²) in [5.41, 5.74) is 0. The highest BCUT2D eigenvalue weighted by Crippen LogP contribution is 2.08. The molecule has 1 N–H and O–H groups in total.